The van der Waals surface area contributed by atoms with Crippen molar-refractivity contribution in [2.75, 3.05) is 7.11 Å². The first-order valence-corrected chi connectivity index (χ1v) is 10.7. The number of amides is 1. The zero-order valence-corrected chi connectivity index (χ0v) is 18.4. The number of pyridine rings is 1. The Labute approximate surface area is 185 Å². The number of aryl methyl sites for hydroxylation is 1. The quantitative estimate of drug-likeness (QED) is 0.712. The van der Waals surface area contributed by atoms with Gasteiger partial charge in [0, 0.05) is 39.5 Å². The van der Waals surface area contributed by atoms with Gasteiger partial charge in [-0.2, -0.15) is 0 Å². The predicted molar refractivity (Wildman–Crippen MR) is 115 cm³/mol. The van der Waals surface area contributed by atoms with Crippen LogP contribution in [0.5, 0.6) is 0 Å². The van der Waals surface area contributed by atoms with Gasteiger partial charge in [-0.25, -0.2) is 0 Å². The molecule has 30 heavy (non-hydrogen) atoms. The van der Waals surface area contributed by atoms with E-state index in [0.29, 0.717) is 35.0 Å². The molecule has 4 rings (SSSR count). The van der Waals surface area contributed by atoms with E-state index in [1.54, 1.807) is 12.1 Å². The first-order chi connectivity index (χ1) is 14.3. The van der Waals surface area contributed by atoms with Crippen molar-refractivity contribution in [1.82, 2.24) is 9.88 Å². The number of hydrogen-bond donors (Lipinski definition) is 1. The summed E-state index contributed by atoms with van der Waals surface area (Å²) < 4.78 is 4.89. The fraction of sp³-hybridized carbons (Fsp3) is 0.409. The molecule has 1 aliphatic heterocycles. The second-order valence-electron chi connectivity index (χ2n) is 7.82. The molecule has 2 unspecified atom stereocenters. The highest BCUT2D eigenvalue weighted by Crippen LogP contribution is 2.42. The number of methoxy groups -OCH3 is 1. The number of aromatic nitrogens is 1. The van der Waals surface area contributed by atoms with Crippen molar-refractivity contribution in [3.05, 3.63) is 50.8 Å². The summed E-state index contributed by atoms with van der Waals surface area (Å²) in [6.45, 7) is 2.55. The van der Waals surface area contributed by atoms with Crippen molar-refractivity contribution >= 4 is 35.1 Å². The molecule has 2 atom stereocenters. The summed E-state index contributed by atoms with van der Waals surface area (Å²) in [4.78, 5) is 32.0. The van der Waals surface area contributed by atoms with Gasteiger partial charge in [-0.15, -0.1) is 0 Å². The molecule has 0 radical (unpaired) electrons. The highest BCUT2D eigenvalue weighted by Gasteiger charge is 2.42. The largest absolute Gasteiger partial charge is 0.469 e. The molecule has 2 heterocycles. The van der Waals surface area contributed by atoms with Gasteiger partial charge in [-0.3, -0.25) is 14.6 Å². The van der Waals surface area contributed by atoms with Crippen LogP contribution in [0, 0.1) is 12.8 Å². The number of hydrogen-bond acceptors (Lipinski definition) is 5. The molecule has 2 aromatic rings. The maximum Gasteiger partial charge on any atom is 0.308 e. The average Bonchev–Trinajstić information content (AvgIpc) is 3.31. The summed E-state index contributed by atoms with van der Waals surface area (Å²) in [6, 6.07) is 5.21. The van der Waals surface area contributed by atoms with E-state index in [4.69, 9.17) is 38.7 Å². The normalized spacial score (nSPS) is 20.6. The van der Waals surface area contributed by atoms with Crippen molar-refractivity contribution < 1.29 is 14.3 Å². The van der Waals surface area contributed by atoms with Gasteiger partial charge in [0.25, 0.3) is 5.91 Å². The van der Waals surface area contributed by atoms with E-state index >= 15 is 0 Å². The zero-order valence-electron chi connectivity index (χ0n) is 16.9. The smallest absolute Gasteiger partial charge is 0.308 e. The lowest BCUT2D eigenvalue weighted by Crippen LogP contribution is -2.34. The van der Waals surface area contributed by atoms with Gasteiger partial charge in [0.2, 0.25) is 0 Å². The van der Waals surface area contributed by atoms with Crippen molar-refractivity contribution in [1.29, 1.82) is 0 Å². The van der Waals surface area contributed by atoms with Gasteiger partial charge >= 0.3 is 5.97 Å². The Morgan fingerprint density at radius 2 is 2.07 bits per heavy atom. The summed E-state index contributed by atoms with van der Waals surface area (Å²) in [6.07, 6.45) is 2.08. The molecule has 0 spiro atoms. The Balaban J connectivity index is 1.77. The second kappa shape index (κ2) is 8.17. The molecule has 1 aliphatic carbocycles. The number of carbonyl (C=O) groups excluding carboxylic acids is 2. The molecule has 2 aliphatic rings. The van der Waals surface area contributed by atoms with E-state index < -0.39 is 0 Å². The predicted octanol–water partition coefficient (Wildman–Crippen LogP) is 4.12. The molecule has 0 saturated heterocycles. The van der Waals surface area contributed by atoms with Gasteiger partial charge < -0.3 is 15.4 Å². The highest BCUT2D eigenvalue weighted by atomic mass is 35.5. The number of rotatable bonds is 4. The summed E-state index contributed by atoms with van der Waals surface area (Å²) in [5.41, 5.74) is 10.3. The third-order valence-electron chi connectivity index (χ3n) is 6.16. The third-order valence-corrected chi connectivity index (χ3v) is 6.71. The third kappa shape index (κ3) is 3.47. The molecule has 1 amide bonds. The van der Waals surface area contributed by atoms with Crippen LogP contribution in [0.4, 0.5) is 0 Å². The number of nitrogens with two attached hydrogens (primary N) is 1. The number of fused-ring (bicyclic) bond motifs is 1. The molecule has 1 saturated carbocycles. The Bertz CT molecular complexity index is 1040. The monoisotopic (exact) mass is 447 g/mol. The highest BCUT2D eigenvalue weighted by molar-refractivity contribution is 6.36. The molecular weight excluding hydrogens is 425 g/mol. The minimum absolute atomic E-state index is 0.0222. The van der Waals surface area contributed by atoms with Crippen LogP contribution in [0.1, 0.15) is 46.6 Å². The van der Waals surface area contributed by atoms with Crippen molar-refractivity contribution in [2.45, 2.75) is 45.3 Å². The van der Waals surface area contributed by atoms with Gasteiger partial charge in [0.1, 0.15) is 0 Å². The van der Waals surface area contributed by atoms with Crippen LogP contribution in [-0.4, -0.2) is 34.9 Å². The first kappa shape index (κ1) is 21.1. The topological polar surface area (TPSA) is 85.5 Å². The number of nitrogens with zero attached hydrogens (tertiary/aromatic N) is 2. The van der Waals surface area contributed by atoms with Gasteiger partial charge in [0.05, 0.1) is 30.8 Å². The Morgan fingerprint density at radius 3 is 2.73 bits per heavy atom. The summed E-state index contributed by atoms with van der Waals surface area (Å²) >= 11 is 12.6. The summed E-state index contributed by atoms with van der Waals surface area (Å²) in [7, 11) is 1.40. The minimum atomic E-state index is -0.213. The van der Waals surface area contributed by atoms with Crippen molar-refractivity contribution in [2.24, 2.45) is 11.7 Å². The molecule has 6 nitrogen and oxygen atoms in total. The van der Waals surface area contributed by atoms with E-state index in [0.717, 1.165) is 34.5 Å². The lowest BCUT2D eigenvalue weighted by molar-refractivity contribution is -0.145. The number of benzene rings is 1. The maximum absolute atomic E-state index is 13.5. The van der Waals surface area contributed by atoms with Gasteiger partial charge in [-0.05, 0) is 43.9 Å². The molecule has 1 aromatic heterocycles. The van der Waals surface area contributed by atoms with Crippen LogP contribution < -0.4 is 5.73 Å². The zero-order chi connectivity index (χ0) is 21.6. The Morgan fingerprint density at radius 1 is 1.30 bits per heavy atom. The van der Waals surface area contributed by atoms with Crippen LogP contribution >= 0.6 is 23.2 Å². The van der Waals surface area contributed by atoms with Crippen LogP contribution in [0.3, 0.4) is 0 Å². The van der Waals surface area contributed by atoms with Crippen molar-refractivity contribution in [3.8, 4) is 11.1 Å². The molecule has 1 fully saturated rings. The molecule has 0 bridgehead atoms. The van der Waals surface area contributed by atoms with E-state index in [2.05, 4.69) is 0 Å². The van der Waals surface area contributed by atoms with Gasteiger partial charge in [-0.1, -0.05) is 29.3 Å². The average molecular weight is 448 g/mol. The number of esters is 1. The molecule has 2 N–H and O–H groups in total. The maximum atomic E-state index is 13.5. The molecule has 8 heteroatoms. The van der Waals surface area contributed by atoms with E-state index in [1.165, 1.54) is 7.11 Å². The SMILES string of the molecule is COC(=O)C1CCC(N2Cc3nc(C)c(CN)c(-c4ccc(Cl)cc4Cl)c3C2=O)C1. The van der Waals surface area contributed by atoms with Crippen molar-refractivity contribution in [3.63, 3.8) is 0 Å². The van der Waals surface area contributed by atoms with Crippen LogP contribution in [-0.2, 0) is 22.6 Å². The van der Waals surface area contributed by atoms with E-state index in [1.807, 2.05) is 17.9 Å². The Kier molecular flexibility index (Phi) is 5.75. The van der Waals surface area contributed by atoms with E-state index in [9.17, 15) is 9.59 Å². The number of carbonyl (C=O) groups is 2. The summed E-state index contributed by atoms with van der Waals surface area (Å²) in [5.74, 6) is -0.477. The van der Waals surface area contributed by atoms with E-state index in [-0.39, 0.29) is 30.4 Å². The van der Waals surface area contributed by atoms with Crippen LogP contribution in [0.2, 0.25) is 10.0 Å². The molecular formula is C22H23Cl2N3O3. The standard InChI is InChI=1S/C22H23Cl2N3O3/c1-11-16(9-25)19(15-6-4-13(23)8-17(15)24)20-18(26-11)10-27(21(20)28)14-5-3-12(7-14)22(29)30-2/h4,6,8,12,14H,3,5,7,9-10,25H2,1-2H3. The van der Waals surface area contributed by atoms with Crippen LogP contribution in [0.25, 0.3) is 11.1 Å². The fourth-order valence-electron chi connectivity index (χ4n) is 4.68. The molecule has 158 valence electrons. The summed E-state index contributed by atoms with van der Waals surface area (Å²) in [5, 5.41) is 0.983. The lowest BCUT2D eigenvalue weighted by atomic mass is 9.93. The molecule has 1 aromatic carbocycles. The lowest BCUT2D eigenvalue weighted by Gasteiger charge is -2.23. The first-order valence-electron chi connectivity index (χ1n) is 9.92. The van der Waals surface area contributed by atoms with Gasteiger partial charge in [0.15, 0.2) is 0 Å². The second-order valence-corrected chi connectivity index (χ2v) is 8.66. The minimum Gasteiger partial charge on any atom is -0.469 e. The fourth-order valence-corrected chi connectivity index (χ4v) is 5.18. The number of ether oxygens (including phenoxy) is 1. The Hall–Kier alpha value is -2.15. The van der Waals surface area contributed by atoms with Crippen LogP contribution in [0.15, 0.2) is 18.2 Å². The number of halogens is 2.